The molecule has 1 aliphatic carbocycles. The van der Waals surface area contributed by atoms with E-state index in [4.69, 9.17) is 27.9 Å². The van der Waals surface area contributed by atoms with Crippen molar-refractivity contribution < 1.29 is 14.3 Å². The molecule has 0 aromatic heterocycles. The number of halogens is 2. The maximum Gasteiger partial charge on any atom is 0.312 e. The third-order valence-electron chi connectivity index (χ3n) is 3.72. The number of carbonyl (C=O) groups is 2. The van der Waals surface area contributed by atoms with Gasteiger partial charge in [-0.1, -0.05) is 29.6 Å². The Bertz CT molecular complexity index is 556. The first-order chi connectivity index (χ1) is 9.97. The number of anilines is 1. The molecule has 2 rings (SSSR count). The van der Waals surface area contributed by atoms with Gasteiger partial charge in [0.2, 0.25) is 5.91 Å². The van der Waals surface area contributed by atoms with Crippen LogP contribution in [0.3, 0.4) is 0 Å². The molecule has 0 spiro atoms. The van der Waals surface area contributed by atoms with Crippen LogP contribution in [-0.4, -0.2) is 18.5 Å². The number of nitrogens with one attached hydrogen (secondary N) is 1. The van der Waals surface area contributed by atoms with E-state index in [0.29, 0.717) is 35.2 Å². The zero-order valence-corrected chi connectivity index (χ0v) is 13.3. The molecule has 1 aromatic carbocycles. The molecule has 6 heteroatoms. The largest absolute Gasteiger partial charge is 0.466 e. The number of hydrogen-bond acceptors (Lipinski definition) is 3. The number of ether oxygens (including phenoxy) is 1. The first-order valence-corrected chi connectivity index (χ1v) is 7.64. The molecule has 0 heterocycles. The third kappa shape index (κ3) is 3.69. The maximum absolute atomic E-state index is 12.2. The van der Waals surface area contributed by atoms with Crippen LogP contribution in [0.25, 0.3) is 0 Å². The zero-order chi connectivity index (χ0) is 15.5. The molecule has 1 fully saturated rings. The molecule has 0 bridgehead atoms. The molecule has 1 aliphatic rings. The molecule has 1 saturated carbocycles. The molecular formula is C15H17Cl2NO3. The van der Waals surface area contributed by atoms with Crippen LogP contribution in [0, 0.1) is 5.41 Å². The number of amides is 1. The van der Waals surface area contributed by atoms with E-state index >= 15 is 0 Å². The van der Waals surface area contributed by atoms with Gasteiger partial charge in [0.1, 0.15) is 0 Å². The van der Waals surface area contributed by atoms with Gasteiger partial charge in [-0.05, 0) is 38.0 Å². The number of hydrogen-bond donors (Lipinski definition) is 1. The highest BCUT2D eigenvalue weighted by atomic mass is 35.5. The Morgan fingerprint density at radius 2 is 2.05 bits per heavy atom. The van der Waals surface area contributed by atoms with Crippen LogP contribution in [0.5, 0.6) is 0 Å². The first-order valence-electron chi connectivity index (χ1n) is 6.89. The van der Waals surface area contributed by atoms with Gasteiger partial charge in [0.05, 0.1) is 22.7 Å². The topological polar surface area (TPSA) is 55.4 Å². The third-order valence-corrected chi connectivity index (χ3v) is 4.27. The molecule has 0 saturated heterocycles. The molecule has 0 aliphatic heterocycles. The van der Waals surface area contributed by atoms with Crippen LogP contribution in [0.2, 0.25) is 10.0 Å². The Kier molecular flexibility index (Phi) is 5.12. The Hall–Kier alpha value is -1.26. The second-order valence-electron chi connectivity index (χ2n) is 5.20. The lowest BCUT2D eigenvalue weighted by Gasteiger charge is -2.38. The SMILES string of the molecule is CCOC(=O)C1(CC(=O)Nc2ccc(Cl)cc2Cl)CCC1. The van der Waals surface area contributed by atoms with Gasteiger partial charge >= 0.3 is 5.97 Å². The Morgan fingerprint density at radius 3 is 2.57 bits per heavy atom. The summed E-state index contributed by atoms with van der Waals surface area (Å²) >= 11 is 11.8. The number of carbonyl (C=O) groups excluding carboxylic acids is 2. The summed E-state index contributed by atoms with van der Waals surface area (Å²) in [4.78, 5) is 24.2. The van der Waals surface area contributed by atoms with Gasteiger partial charge in [-0.25, -0.2) is 0 Å². The summed E-state index contributed by atoms with van der Waals surface area (Å²) in [5.41, 5.74) is -0.177. The molecule has 21 heavy (non-hydrogen) atoms. The van der Waals surface area contributed by atoms with Crippen molar-refractivity contribution in [1.29, 1.82) is 0 Å². The lowest BCUT2D eigenvalue weighted by molar-refractivity contribution is -0.163. The van der Waals surface area contributed by atoms with Crippen molar-refractivity contribution in [2.45, 2.75) is 32.6 Å². The summed E-state index contributed by atoms with van der Waals surface area (Å²) in [5.74, 6) is -0.527. The molecule has 1 N–H and O–H groups in total. The van der Waals surface area contributed by atoms with Crippen molar-refractivity contribution >= 4 is 40.8 Å². The van der Waals surface area contributed by atoms with Gasteiger partial charge in [-0.2, -0.15) is 0 Å². The van der Waals surface area contributed by atoms with E-state index in [-0.39, 0.29) is 18.3 Å². The van der Waals surface area contributed by atoms with Gasteiger partial charge in [-0.3, -0.25) is 9.59 Å². The van der Waals surface area contributed by atoms with Crippen LogP contribution in [-0.2, 0) is 14.3 Å². The zero-order valence-electron chi connectivity index (χ0n) is 11.7. The Morgan fingerprint density at radius 1 is 1.33 bits per heavy atom. The summed E-state index contributed by atoms with van der Waals surface area (Å²) in [6.07, 6.45) is 2.43. The van der Waals surface area contributed by atoms with Crippen molar-refractivity contribution in [3.8, 4) is 0 Å². The van der Waals surface area contributed by atoms with E-state index in [0.717, 1.165) is 6.42 Å². The quantitative estimate of drug-likeness (QED) is 0.829. The van der Waals surface area contributed by atoms with Crippen LogP contribution in [0.1, 0.15) is 32.6 Å². The molecule has 114 valence electrons. The Balaban J connectivity index is 2.02. The standard InChI is InChI=1S/C15H17Cl2NO3/c1-2-21-14(20)15(6-3-7-15)9-13(19)18-12-5-4-10(16)8-11(12)17/h4-5,8H,2-3,6-7,9H2,1H3,(H,18,19). The molecule has 0 radical (unpaired) electrons. The van der Waals surface area contributed by atoms with Gasteiger partial charge in [0, 0.05) is 11.4 Å². The monoisotopic (exact) mass is 329 g/mol. The van der Waals surface area contributed by atoms with Gasteiger partial charge < -0.3 is 10.1 Å². The van der Waals surface area contributed by atoms with Gasteiger partial charge in [0.25, 0.3) is 0 Å². The van der Waals surface area contributed by atoms with Crippen molar-refractivity contribution in [3.05, 3.63) is 28.2 Å². The number of rotatable bonds is 5. The summed E-state index contributed by atoms with van der Waals surface area (Å²) in [6.45, 7) is 2.09. The predicted molar refractivity (Wildman–Crippen MR) is 82.6 cm³/mol. The Labute approximate surface area is 133 Å². The van der Waals surface area contributed by atoms with E-state index in [1.807, 2.05) is 0 Å². The summed E-state index contributed by atoms with van der Waals surface area (Å²) in [5, 5.41) is 3.59. The lowest BCUT2D eigenvalue weighted by Crippen LogP contribution is -2.42. The maximum atomic E-state index is 12.2. The second kappa shape index (κ2) is 6.67. The summed E-state index contributed by atoms with van der Waals surface area (Å²) in [6, 6.07) is 4.84. The summed E-state index contributed by atoms with van der Waals surface area (Å²) in [7, 11) is 0. The minimum atomic E-state index is -0.668. The van der Waals surface area contributed by atoms with E-state index in [2.05, 4.69) is 5.32 Å². The normalized spacial score (nSPS) is 16.0. The fourth-order valence-electron chi connectivity index (χ4n) is 2.43. The van der Waals surface area contributed by atoms with Crippen molar-refractivity contribution in [2.75, 3.05) is 11.9 Å². The van der Waals surface area contributed by atoms with Crippen LogP contribution in [0.4, 0.5) is 5.69 Å². The van der Waals surface area contributed by atoms with E-state index in [1.54, 1.807) is 25.1 Å². The smallest absolute Gasteiger partial charge is 0.312 e. The second-order valence-corrected chi connectivity index (χ2v) is 6.05. The minimum absolute atomic E-state index is 0.116. The molecular weight excluding hydrogens is 313 g/mol. The first kappa shape index (κ1) is 16.1. The van der Waals surface area contributed by atoms with Crippen LogP contribution < -0.4 is 5.32 Å². The van der Waals surface area contributed by atoms with Gasteiger partial charge in [-0.15, -0.1) is 0 Å². The fourth-order valence-corrected chi connectivity index (χ4v) is 2.89. The molecule has 1 aromatic rings. The van der Waals surface area contributed by atoms with Crippen LogP contribution >= 0.6 is 23.2 Å². The molecule has 0 atom stereocenters. The van der Waals surface area contributed by atoms with E-state index < -0.39 is 5.41 Å². The highest BCUT2D eigenvalue weighted by molar-refractivity contribution is 6.36. The van der Waals surface area contributed by atoms with Crippen LogP contribution in [0.15, 0.2) is 18.2 Å². The number of esters is 1. The number of benzene rings is 1. The van der Waals surface area contributed by atoms with E-state index in [9.17, 15) is 9.59 Å². The fraction of sp³-hybridized carbons (Fsp3) is 0.467. The van der Waals surface area contributed by atoms with E-state index in [1.165, 1.54) is 0 Å². The lowest BCUT2D eigenvalue weighted by atomic mass is 9.66. The van der Waals surface area contributed by atoms with Gasteiger partial charge in [0.15, 0.2) is 0 Å². The summed E-state index contributed by atoms with van der Waals surface area (Å²) < 4.78 is 5.08. The molecule has 0 unspecified atom stereocenters. The molecule has 4 nitrogen and oxygen atoms in total. The average Bonchev–Trinajstić information content (AvgIpc) is 2.37. The average molecular weight is 330 g/mol. The highest BCUT2D eigenvalue weighted by Crippen LogP contribution is 2.45. The predicted octanol–water partition coefficient (Wildman–Crippen LogP) is 4.06. The highest BCUT2D eigenvalue weighted by Gasteiger charge is 2.47. The van der Waals surface area contributed by atoms with Crippen molar-refractivity contribution in [1.82, 2.24) is 0 Å². The molecule has 1 amide bonds. The van der Waals surface area contributed by atoms with Crippen molar-refractivity contribution in [3.63, 3.8) is 0 Å². The minimum Gasteiger partial charge on any atom is -0.466 e. The van der Waals surface area contributed by atoms with Crippen molar-refractivity contribution in [2.24, 2.45) is 5.41 Å².